The molecule has 0 saturated carbocycles. The fourth-order valence-corrected chi connectivity index (χ4v) is 3.58. The number of nitrogens with one attached hydrogen (secondary N) is 1. The Bertz CT molecular complexity index is 967. The Morgan fingerprint density at radius 2 is 1.90 bits per heavy atom. The van der Waals surface area contributed by atoms with Gasteiger partial charge in [0, 0.05) is 5.69 Å². The van der Waals surface area contributed by atoms with Gasteiger partial charge in [-0.15, -0.1) is 11.8 Å². The minimum absolute atomic E-state index is 0.0474. The number of aromatic nitrogens is 2. The molecule has 0 bridgehead atoms. The lowest BCUT2D eigenvalue weighted by atomic mass is 10.1. The maximum absolute atomic E-state index is 12.6. The van der Waals surface area contributed by atoms with Gasteiger partial charge in [-0.2, -0.15) is 4.98 Å². The highest BCUT2D eigenvalue weighted by molar-refractivity contribution is 7.99. The molecule has 0 spiro atoms. The molecule has 7 heteroatoms. The number of aryl methyl sites for hydroxylation is 2. The Kier molecular flexibility index (Phi) is 6.93. The molecular formula is C22H25N3O3S. The zero-order chi connectivity index (χ0) is 20.8. The molecule has 0 aliphatic rings. The van der Waals surface area contributed by atoms with Crippen molar-refractivity contribution in [1.82, 2.24) is 10.1 Å². The molecule has 29 heavy (non-hydrogen) atoms. The summed E-state index contributed by atoms with van der Waals surface area (Å²) >= 11 is 1.45. The Balaban J connectivity index is 1.61. The fraction of sp³-hybridized carbons (Fsp3) is 0.318. The molecule has 1 aromatic heterocycles. The molecule has 152 valence electrons. The Morgan fingerprint density at radius 1 is 1.17 bits per heavy atom. The van der Waals surface area contributed by atoms with Crippen molar-refractivity contribution in [3.63, 3.8) is 0 Å². The Morgan fingerprint density at radius 3 is 2.62 bits per heavy atom. The first-order valence-corrected chi connectivity index (χ1v) is 10.6. The molecule has 0 saturated heterocycles. The normalized spacial score (nSPS) is 11.9. The largest absolute Gasteiger partial charge is 0.493 e. The molecule has 0 aliphatic heterocycles. The van der Waals surface area contributed by atoms with E-state index < -0.39 is 0 Å². The topological polar surface area (TPSA) is 77.2 Å². The Labute approximate surface area is 175 Å². The summed E-state index contributed by atoms with van der Waals surface area (Å²) in [6.07, 6.45) is 0. The van der Waals surface area contributed by atoms with Crippen molar-refractivity contribution in [2.75, 3.05) is 11.9 Å². The van der Waals surface area contributed by atoms with Crippen LogP contribution in [0.1, 0.15) is 30.9 Å². The molecule has 6 nitrogen and oxygen atoms in total. The highest BCUT2D eigenvalue weighted by Crippen LogP contribution is 2.29. The highest BCUT2D eigenvalue weighted by Gasteiger charge is 2.18. The molecule has 0 aliphatic carbocycles. The zero-order valence-corrected chi connectivity index (χ0v) is 17.9. The predicted molar refractivity (Wildman–Crippen MR) is 116 cm³/mol. The lowest BCUT2D eigenvalue weighted by Crippen LogP contribution is -2.23. The molecule has 0 fully saturated rings. The molecule has 1 amide bonds. The quantitative estimate of drug-likeness (QED) is 0.561. The van der Waals surface area contributed by atoms with E-state index in [4.69, 9.17) is 9.26 Å². The summed E-state index contributed by atoms with van der Waals surface area (Å²) in [4.78, 5) is 17.0. The number of carbonyl (C=O) groups excluding carboxylic acids is 1. The van der Waals surface area contributed by atoms with Gasteiger partial charge in [-0.3, -0.25) is 4.79 Å². The number of thioether (sulfide) groups is 1. The van der Waals surface area contributed by atoms with Gasteiger partial charge in [0.15, 0.2) is 0 Å². The van der Waals surface area contributed by atoms with Gasteiger partial charge < -0.3 is 14.6 Å². The van der Waals surface area contributed by atoms with E-state index in [1.807, 2.05) is 70.2 Å². The third kappa shape index (κ3) is 5.17. The number of rotatable bonds is 8. The number of para-hydroxylation sites is 2. The smallest absolute Gasteiger partial charge is 0.237 e. The lowest BCUT2D eigenvalue weighted by Gasteiger charge is -2.14. The van der Waals surface area contributed by atoms with E-state index in [-0.39, 0.29) is 11.2 Å². The van der Waals surface area contributed by atoms with Crippen LogP contribution in [0.25, 0.3) is 11.4 Å². The average Bonchev–Trinajstić information content (AvgIpc) is 3.18. The summed E-state index contributed by atoms with van der Waals surface area (Å²) in [5.41, 5.74) is 3.75. The van der Waals surface area contributed by atoms with Crippen molar-refractivity contribution >= 4 is 23.4 Å². The van der Waals surface area contributed by atoms with Crippen molar-refractivity contribution in [3.05, 3.63) is 59.5 Å². The molecule has 3 rings (SSSR count). The van der Waals surface area contributed by atoms with Crippen LogP contribution < -0.4 is 10.1 Å². The number of carbonyl (C=O) groups is 1. The molecular weight excluding hydrogens is 386 g/mol. The van der Waals surface area contributed by atoms with Crippen molar-refractivity contribution in [3.8, 4) is 17.1 Å². The van der Waals surface area contributed by atoms with Gasteiger partial charge in [0.05, 0.1) is 23.2 Å². The van der Waals surface area contributed by atoms with Crippen LogP contribution in [0.5, 0.6) is 5.75 Å². The van der Waals surface area contributed by atoms with Crippen LogP contribution >= 0.6 is 11.8 Å². The molecule has 2 aromatic carbocycles. The number of anilines is 1. The number of amides is 1. The standard InChI is InChI=1S/C22H25N3O3S/c1-5-27-18-12-7-6-11-17(18)21-23-19(28-25-21)13-29-16(4)22(26)24-20-14(2)9-8-10-15(20)3/h6-12,16H,5,13H2,1-4H3,(H,24,26)/t16-/m0/s1. The maximum atomic E-state index is 12.6. The summed E-state index contributed by atoms with van der Waals surface area (Å²) in [5, 5.41) is 6.82. The van der Waals surface area contributed by atoms with Gasteiger partial charge in [-0.25, -0.2) is 0 Å². The van der Waals surface area contributed by atoms with E-state index in [1.54, 1.807) is 0 Å². The van der Waals surface area contributed by atoms with Crippen LogP contribution in [0.15, 0.2) is 47.0 Å². The number of benzene rings is 2. The molecule has 0 unspecified atom stereocenters. The summed E-state index contributed by atoms with van der Waals surface area (Å²) < 4.78 is 11.0. The zero-order valence-electron chi connectivity index (χ0n) is 17.1. The molecule has 1 heterocycles. The number of ether oxygens (including phenoxy) is 1. The molecule has 1 atom stereocenters. The summed E-state index contributed by atoms with van der Waals surface area (Å²) in [7, 11) is 0. The van der Waals surface area contributed by atoms with Crippen LogP contribution in [0, 0.1) is 13.8 Å². The van der Waals surface area contributed by atoms with E-state index in [2.05, 4.69) is 15.5 Å². The lowest BCUT2D eigenvalue weighted by molar-refractivity contribution is -0.115. The second kappa shape index (κ2) is 9.60. The van der Waals surface area contributed by atoms with Crippen molar-refractivity contribution in [2.24, 2.45) is 0 Å². The van der Waals surface area contributed by atoms with Crippen LogP contribution in [0.2, 0.25) is 0 Å². The highest BCUT2D eigenvalue weighted by atomic mass is 32.2. The average molecular weight is 412 g/mol. The van der Waals surface area contributed by atoms with Crippen LogP contribution in [0.4, 0.5) is 5.69 Å². The predicted octanol–water partition coefficient (Wildman–Crippen LogP) is 5.01. The Hall–Kier alpha value is -2.80. The number of hydrogen-bond donors (Lipinski definition) is 1. The van der Waals surface area contributed by atoms with Crippen molar-refractivity contribution in [1.29, 1.82) is 0 Å². The third-order valence-corrected chi connectivity index (χ3v) is 5.58. The first-order chi connectivity index (χ1) is 14.0. The van der Waals surface area contributed by atoms with Gasteiger partial charge in [-0.05, 0) is 51.0 Å². The second-order valence-electron chi connectivity index (χ2n) is 6.65. The summed E-state index contributed by atoms with van der Waals surface area (Å²) in [6, 6.07) is 13.5. The molecule has 3 aromatic rings. The van der Waals surface area contributed by atoms with Gasteiger partial charge in [-0.1, -0.05) is 35.5 Å². The van der Waals surface area contributed by atoms with E-state index in [9.17, 15) is 4.79 Å². The fourth-order valence-electron chi connectivity index (χ4n) is 2.86. The van der Waals surface area contributed by atoms with Gasteiger partial charge in [0.25, 0.3) is 0 Å². The van der Waals surface area contributed by atoms with Crippen LogP contribution in [0.3, 0.4) is 0 Å². The minimum atomic E-state index is -0.264. The summed E-state index contributed by atoms with van der Waals surface area (Å²) in [6.45, 7) is 8.33. The van der Waals surface area contributed by atoms with Crippen molar-refractivity contribution < 1.29 is 14.1 Å². The van der Waals surface area contributed by atoms with E-state index in [1.165, 1.54) is 11.8 Å². The molecule has 1 N–H and O–H groups in total. The SMILES string of the molecule is CCOc1ccccc1-c1noc(CS[C@@H](C)C(=O)Nc2c(C)cccc2C)n1. The van der Waals surface area contributed by atoms with Crippen LogP contribution in [-0.2, 0) is 10.5 Å². The number of hydrogen-bond acceptors (Lipinski definition) is 6. The van der Waals surface area contributed by atoms with Gasteiger partial charge in [0.2, 0.25) is 17.6 Å². The first kappa shape index (κ1) is 20.9. The van der Waals surface area contributed by atoms with E-state index in [0.29, 0.717) is 24.1 Å². The van der Waals surface area contributed by atoms with Gasteiger partial charge >= 0.3 is 0 Å². The second-order valence-corrected chi connectivity index (χ2v) is 7.98. The first-order valence-electron chi connectivity index (χ1n) is 9.53. The van der Waals surface area contributed by atoms with E-state index in [0.717, 1.165) is 28.1 Å². The van der Waals surface area contributed by atoms with Crippen LogP contribution in [-0.4, -0.2) is 27.9 Å². The summed E-state index contributed by atoms with van der Waals surface area (Å²) in [5.74, 6) is 2.08. The van der Waals surface area contributed by atoms with E-state index >= 15 is 0 Å². The molecule has 0 radical (unpaired) electrons. The van der Waals surface area contributed by atoms with Gasteiger partial charge in [0.1, 0.15) is 5.75 Å². The third-order valence-electron chi connectivity index (χ3n) is 4.45. The monoisotopic (exact) mass is 411 g/mol. The number of nitrogens with zero attached hydrogens (tertiary/aromatic N) is 2. The van der Waals surface area contributed by atoms with Crippen molar-refractivity contribution in [2.45, 2.75) is 38.7 Å². The maximum Gasteiger partial charge on any atom is 0.237 e. The minimum Gasteiger partial charge on any atom is -0.493 e.